The van der Waals surface area contributed by atoms with E-state index in [-0.39, 0.29) is 0 Å². The first kappa shape index (κ1) is 11.7. The zero-order valence-electron chi connectivity index (χ0n) is 8.61. The zero-order valence-corrected chi connectivity index (χ0v) is 8.61. The van der Waals surface area contributed by atoms with E-state index < -0.39 is 0 Å². The van der Waals surface area contributed by atoms with Crippen molar-refractivity contribution in [1.82, 2.24) is 10.6 Å². The molecule has 0 aromatic carbocycles. The highest BCUT2D eigenvalue weighted by Crippen LogP contribution is 1.89. The topological polar surface area (TPSA) is 24.1 Å². The van der Waals surface area contributed by atoms with Crippen LogP contribution in [0.4, 0.5) is 0 Å². The molecule has 0 aliphatic carbocycles. The van der Waals surface area contributed by atoms with Crippen LogP contribution in [0.1, 0.15) is 26.7 Å². The van der Waals surface area contributed by atoms with Gasteiger partial charge in [0.1, 0.15) is 0 Å². The van der Waals surface area contributed by atoms with Gasteiger partial charge in [0.05, 0.1) is 0 Å². The summed E-state index contributed by atoms with van der Waals surface area (Å²) in [5.41, 5.74) is 1.42. The average Bonchev–Trinajstić information content (AvgIpc) is 2.10. The summed E-state index contributed by atoms with van der Waals surface area (Å²) < 4.78 is 0. The summed E-state index contributed by atoms with van der Waals surface area (Å²) >= 11 is 0. The number of unbranched alkanes of at least 4 members (excludes halogenated alkanes) is 1. The van der Waals surface area contributed by atoms with Crippen LogP contribution in [0.25, 0.3) is 0 Å². The van der Waals surface area contributed by atoms with E-state index in [4.69, 9.17) is 0 Å². The van der Waals surface area contributed by atoms with E-state index in [0.717, 1.165) is 19.6 Å². The smallest absolute Gasteiger partial charge is 0.0161 e. The maximum absolute atomic E-state index is 3.40. The van der Waals surface area contributed by atoms with E-state index in [1.165, 1.54) is 18.4 Å². The molecule has 0 spiro atoms. The Bertz CT molecular complexity index is 119. The molecule has 0 atom stereocenters. The zero-order chi connectivity index (χ0) is 9.23. The average molecular weight is 170 g/mol. The molecule has 0 unspecified atom stereocenters. The van der Waals surface area contributed by atoms with Crippen molar-refractivity contribution < 1.29 is 0 Å². The molecule has 0 aromatic rings. The lowest BCUT2D eigenvalue weighted by Crippen LogP contribution is -2.18. The molecule has 0 rings (SSSR count). The molecule has 2 N–H and O–H groups in total. The van der Waals surface area contributed by atoms with E-state index in [1.807, 2.05) is 7.05 Å². The van der Waals surface area contributed by atoms with Gasteiger partial charge in [-0.2, -0.15) is 0 Å². The van der Waals surface area contributed by atoms with Crippen LogP contribution < -0.4 is 10.6 Å². The molecule has 0 heterocycles. The second-order valence-electron chi connectivity index (χ2n) is 3.12. The van der Waals surface area contributed by atoms with Crippen molar-refractivity contribution in [2.75, 3.05) is 26.7 Å². The van der Waals surface area contributed by atoms with Crippen molar-refractivity contribution >= 4 is 0 Å². The fourth-order valence-electron chi connectivity index (χ4n) is 0.939. The van der Waals surface area contributed by atoms with E-state index in [0.29, 0.717) is 0 Å². The van der Waals surface area contributed by atoms with Crippen LogP contribution in [0.15, 0.2) is 11.6 Å². The minimum Gasteiger partial charge on any atom is -0.320 e. The molecule has 2 nitrogen and oxygen atoms in total. The van der Waals surface area contributed by atoms with E-state index in [9.17, 15) is 0 Å². The Morgan fingerprint density at radius 1 is 1.25 bits per heavy atom. The minimum atomic E-state index is 1.04. The third-order valence-electron chi connectivity index (χ3n) is 1.93. The normalized spacial score (nSPS) is 12.1. The molecule has 2 heteroatoms. The van der Waals surface area contributed by atoms with Crippen molar-refractivity contribution in [3.05, 3.63) is 11.6 Å². The Kier molecular flexibility index (Phi) is 8.51. The standard InChI is InChI=1S/C10H22N2/c1-4-10(2)9-12-8-6-5-7-11-3/h4,11-12H,5-9H2,1-3H3/b10-4+. The van der Waals surface area contributed by atoms with Gasteiger partial charge in [0.15, 0.2) is 0 Å². The Morgan fingerprint density at radius 2 is 1.92 bits per heavy atom. The monoisotopic (exact) mass is 170 g/mol. The molecule has 0 radical (unpaired) electrons. The summed E-state index contributed by atoms with van der Waals surface area (Å²) in [5, 5.41) is 6.54. The highest BCUT2D eigenvalue weighted by atomic mass is 14.8. The fourth-order valence-corrected chi connectivity index (χ4v) is 0.939. The van der Waals surface area contributed by atoms with Crippen LogP contribution in [-0.4, -0.2) is 26.7 Å². The first-order valence-corrected chi connectivity index (χ1v) is 4.78. The molecule has 0 amide bonds. The molecule has 0 saturated carbocycles. The Balaban J connectivity index is 3.00. The Morgan fingerprint density at radius 3 is 2.50 bits per heavy atom. The summed E-state index contributed by atoms with van der Waals surface area (Å²) in [5.74, 6) is 0. The van der Waals surface area contributed by atoms with Crippen LogP contribution in [0.5, 0.6) is 0 Å². The molecule has 0 bridgehead atoms. The van der Waals surface area contributed by atoms with Crippen molar-refractivity contribution in [3.63, 3.8) is 0 Å². The summed E-state index contributed by atoms with van der Waals surface area (Å²) in [6.45, 7) is 7.53. The van der Waals surface area contributed by atoms with Gasteiger partial charge in [-0.05, 0) is 46.8 Å². The lowest BCUT2D eigenvalue weighted by molar-refractivity contribution is 0.624. The predicted molar refractivity (Wildman–Crippen MR) is 55.5 cm³/mol. The third-order valence-corrected chi connectivity index (χ3v) is 1.93. The Hall–Kier alpha value is -0.340. The van der Waals surface area contributed by atoms with Gasteiger partial charge in [-0.3, -0.25) is 0 Å². The molecule has 12 heavy (non-hydrogen) atoms. The number of allylic oxidation sites excluding steroid dienone is 1. The third kappa shape index (κ3) is 7.76. The lowest BCUT2D eigenvalue weighted by Gasteiger charge is -2.04. The number of hydrogen-bond donors (Lipinski definition) is 2. The second-order valence-corrected chi connectivity index (χ2v) is 3.12. The molecular weight excluding hydrogens is 148 g/mol. The predicted octanol–water partition coefficient (Wildman–Crippen LogP) is 1.54. The lowest BCUT2D eigenvalue weighted by atomic mass is 10.2. The van der Waals surface area contributed by atoms with E-state index >= 15 is 0 Å². The van der Waals surface area contributed by atoms with Crippen LogP contribution in [0.2, 0.25) is 0 Å². The summed E-state index contributed by atoms with van der Waals surface area (Å²) in [4.78, 5) is 0. The maximum atomic E-state index is 3.40. The van der Waals surface area contributed by atoms with Gasteiger partial charge in [-0.1, -0.05) is 11.6 Å². The van der Waals surface area contributed by atoms with Crippen LogP contribution in [0, 0.1) is 0 Å². The molecule has 0 fully saturated rings. The molecule has 0 aromatic heterocycles. The minimum absolute atomic E-state index is 1.04. The highest BCUT2D eigenvalue weighted by molar-refractivity contribution is 4.97. The molecule has 0 aliphatic rings. The quantitative estimate of drug-likeness (QED) is 0.447. The first-order chi connectivity index (χ1) is 5.81. The van der Waals surface area contributed by atoms with Gasteiger partial charge in [0.2, 0.25) is 0 Å². The van der Waals surface area contributed by atoms with Crippen molar-refractivity contribution in [1.29, 1.82) is 0 Å². The number of rotatable bonds is 7. The van der Waals surface area contributed by atoms with E-state index in [2.05, 4.69) is 30.6 Å². The molecule has 72 valence electrons. The van der Waals surface area contributed by atoms with Gasteiger partial charge in [0.25, 0.3) is 0 Å². The number of hydrogen-bond acceptors (Lipinski definition) is 2. The van der Waals surface area contributed by atoms with Gasteiger partial charge in [-0.15, -0.1) is 0 Å². The summed E-state index contributed by atoms with van der Waals surface area (Å²) in [6.07, 6.45) is 4.68. The van der Waals surface area contributed by atoms with Crippen LogP contribution >= 0.6 is 0 Å². The fraction of sp³-hybridized carbons (Fsp3) is 0.800. The highest BCUT2D eigenvalue weighted by Gasteiger charge is 1.88. The summed E-state index contributed by atoms with van der Waals surface area (Å²) in [7, 11) is 2.00. The Labute approximate surface area is 76.4 Å². The van der Waals surface area contributed by atoms with Gasteiger partial charge < -0.3 is 10.6 Å². The molecule has 0 aliphatic heterocycles. The van der Waals surface area contributed by atoms with Crippen molar-refractivity contribution in [2.24, 2.45) is 0 Å². The van der Waals surface area contributed by atoms with Crippen molar-refractivity contribution in [3.8, 4) is 0 Å². The number of nitrogens with one attached hydrogen (secondary N) is 2. The first-order valence-electron chi connectivity index (χ1n) is 4.78. The van der Waals surface area contributed by atoms with E-state index in [1.54, 1.807) is 0 Å². The molecular formula is C10H22N2. The SMILES string of the molecule is C/C=C(\C)CNCCCCNC. The van der Waals surface area contributed by atoms with Gasteiger partial charge >= 0.3 is 0 Å². The van der Waals surface area contributed by atoms with Gasteiger partial charge in [0, 0.05) is 6.54 Å². The van der Waals surface area contributed by atoms with Gasteiger partial charge in [-0.25, -0.2) is 0 Å². The van der Waals surface area contributed by atoms with Crippen LogP contribution in [0.3, 0.4) is 0 Å². The largest absolute Gasteiger partial charge is 0.320 e. The van der Waals surface area contributed by atoms with Crippen LogP contribution in [-0.2, 0) is 0 Å². The second kappa shape index (κ2) is 8.75. The van der Waals surface area contributed by atoms with Crippen molar-refractivity contribution in [2.45, 2.75) is 26.7 Å². The maximum Gasteiger partial charge on any atom is 0.0161 e. The molecule has 0 saturated heterocycles. The summed E-state index contributed by atoms with van der Waals surface area (Å²) in [6, 6.07) is 0.